The van der Waals surface area contributed by atoms with Gasteiger partial charge in [0.15, 0.2) is 11.4 Å². The van der Waals surface area contributed by atoms with E-state index in [0.29, 0.717) is 22.1 Å². The lowest BCUT2D eigenvalue weighted by atomic mass is 10.0. The molecule has 6 N–H and O–H groups in total. The first-order valence-electron chi connectivity index (χ1n) is 9.57. The average Bonchev–Trinajstić information content (AvgIpc) is 3.39. The minimum Gasteiger partial charge on any atom is -0.370 e. The first-order valence-corrected chi connectivity index (χ1v) is 11.4. The van der Waals surface area contributed by atoms with Gasteiger partial charge in [-0.05, 0) is 25.0 Å². The molecule has 3 heterocycles. The molecule has 1 aliphatic rings. The van der Waals surface area contributed by atoms with Gasteiger partial charge in [-0.2, -0.15) is 0 Å². The number of aliphatic hydroxyl groups is 2. The van der Waals surface area contributed by atoms with E-state index in [-0.39, 0.29) is 11.9 Å². The highest BCUT2D eigenvalue weighted by Gasteiger charge is 2.20. The highest BCUT2D eigenvalue weighted by Crippen LogP contribution is 2.31. The first kappa shape index (κ1) is 20.8. The number of thiazole rings is 1. The Morgan fingerprint density at radius 2 is 1.93 bits per heavy atom. The van der Waals surface area contributed by atoms with E-state index in [1.807, 2.05) is 24.3 Å². The summed E-state index contributed by atoms with van der Waals surface area (Å²) in [5, 5.41) is 30.4. The van der Waals surface area contributed by atoms with Crippen LogP contribution in [0.3, 0.4) is 0 Å². The Morgan fingerprint density at radius 3 is 2.70 bits per heavy atom. The highest BCUT2D eigenvalue weighted by atomic mass is 32.1. The number of nitrogens with two attached hydrogens (primary N) is 1. The molecule has 1 aliphatic heterocycles. The monoisotopic (exact) mass is 445 g/mol. The maximum Gasteiger partial charge on any atom is 0.275 e. The largest absolute Gasteiger partial charge is 0.370 e. The Labute approximate surface area is 182 Å². The number of nitrogens with zero attached hydrogens (tertiary/aromatic N) is 2. The lowest BCUT2D eigenvalue weighted by Gasteiger charge is -2.33. The summed E-state index contributed by atoms with van der Waals surface area (Å²) in [6, 6.07) is 7.96. The minimum absolute atomic E-state index is 0.236. The number of anilines is 4. The lowest BCUT2D eigenvalue weighted by Crippen LogP contribution is -2.40. The summed E-state index contributed by atoms with van der Waals surface area (Å²) in [7, 11) is 0. The van der Waals surface area contributed by atoms with Crippen molar-refractivity contribution in [2.45, 2.75) is 25.2 Å². The standard InChI is InChI=1S/C20H23N5O3S2/c21-12-5-7-25(8-6-12)17-4-2-1-3-14(17)22-18(26)16-11-30-20(24-16)23-15-10-29-9-13(15)19(27)28/h1-4,9-12,19,27-28H,5-8,21H2,(H,22,26)(H,23,24). The van der Waals surface area contributed by atoms with Crippen LogP contribution in [0.5, 0.6) is 0 Å². The number of amides is 1. The molecule has 1 saturated heterocycles. The van der Waals surface area contributed by atoms with Gasteiger partial charge in [0.25, 0.3) is 5.91 Å². The second-order valence-corrected chi connectivity index (χ2v) is 8.67. The van der Waals surface area contributed by atoms with Crippen molar-refractivity contribution >= 4 is 50.8 Å². The Morgan fingerprint density at radius 1 is 1.17 bits per heavy atom. The maximum absolute atomic E-state index is 12.8. The number of nitrogens with one attached hydrogen (secondary N) is 2. The predicted molar refractivity (Wildman–Crippen MR) is 121 cm³/mol. The zero-order chi connectivity index (χ0) is 21.1. The van der Waals surface area contributed by atoms with Crippen LogP contribution in [-0.2, 0) is 0 Å². The van der Waals surface area contributed by atoms with Gasteiger partial charge >= 0.3 is 0 Å². The number of benzene rings is 1. The van der Waals surface area contributed by atoms with Crippen molar-refractivity contribution in [2.24, 2.45) is 5.73 Å². The van der Waals surface area contributed by atoms with E-state index in [0.717, 1.165) is 37.3 Å². The van der Waals surface area contributed by atoms with E-state index >= 15 is 0 Å². The smallest absolute Gasteiger partial charge is 0.275 e. The van der Waals surface area contributed by atoms with E-state index < -0.39 is 6.29 Å². The average molecular weight is 446 g/mol. The molecule has 10 heteroatoms. The second-order valence-electron chi connectivity index (χ2n) is 7.07. The van der Waals surface area contributed by atoms with E-state index in [4.69, 9.17) is 5.73 Å². The van der Waals surface area contributed by atoms with Crippen molar-refractivity contribution in [1.82, 2.24) is 4.98 Å². The fraction of sp³-hybridized carbons (Fsp3) is 0.300. The predicted octanol–water partition coefficient (Wildman–Crippen LogP) is 3.11. The number of para-hydroxylation sites is 2. The van der Waals surface area contributed by atoms with Crippen molar-refractivity contribution in [3.8, 4) is 0 Å². The topological polar surface area (TPSA) is 124 Å². The molecule has 0 radical (unpaired) electrons. The molecule has 0 bridgehead atoms. The number of carbonyl (C=O) groups is 1. The molecule has 1 aromatic carbocycles. The summed E-state index contributed by atoms with van der Waals surface area (Å²) < 4.78 is 0. The van der Waals surface area contributed by atoms with Crippen LogP contribution < -0.4 is 21.3 Å². The first-order chi connectivity index (χ1) is 14.5. The molecule has 1 fully saturated rings. The van der Waals surface area contributed by atoms with Gasteiger partial charge in [-0.1, -0.05) is 12.1 Å². The summed E-state index contributed by atoms with van der Waals surface area (Å²) >= 11 is 2.62. The van der Waals surface area contributed by atoms with Gasteiger partial charge in [0.1, 0.15) is 5.69 Å². The van der Waals surface area contributed by atoms with Gasteiger partial charge in [0, 0.05) is 40.8 Å². The Bertz CT molecular complexity index is 1010. The number of hydrogen-bond acceptors (Lipinski definition) is 9. The summed E-state index contributed by atoms with van der Waals surface area (Å²) in [5.74, 6) is -0.298. The fourth-order valence-electron chi connectivity index (χ4n) is 3.34. The van der Waals surface area contributed by atoms with Crippen LogP contribution in [0.4, 0.5) is 22.2 Å². The molecule has 0 spiro atoms. The third-order valence-corrected chi connectivity index (χ3v) is 6.50. The van der Waals surface area contributed by atoms with E-state index in [9.17, 15) is 15.0 Å². The van der Waals surface area contributed by atoms with Crippen molar-refractivity contribution in [3.05, 3.63) is 51.7 Å². The third-order valence-electron chi connectivity index (χ3n) is 4.98. The van der Waals surface area contributed by atoms with Gasteiger partial charge < -0.3 is 31.5 Å². The number of aromatic nitrogens is 1. The summed E-state index contributed by atoms with van der Waals surface area (Å²) in [6.45, 7) is 1.72. The summed E-state index contributed by atoms with van der Waals surface area (Å²) in [6.07, 6.45) is 0.287. The van der Waals surface area contributed by atoms with Gasteiger partial charge in [0.05, 0.1) is 17.1 Å². The molecular weight excluding hydrogens is 422 g/mol. The maximum atomic E-state index is 12.8. The van der Waals surface area contributed by atoms with Crippen molar-refractivity contribution in [1.29, 1.82) is 0 Å². The van der Waals surface area contributed by atoms with Gasteiger partial charge in [-0.25, -0.2) is 4.98 Å². The molecule has 4 rings (SSSR count). The van der Waals surface area contributed by atoms with Crippen LogP contribution >= 0.6 is 22.7 Å². The van der Waals surface area contributed by atoms with Crippen molar-refractivity contribution < 1.29 is 15.0 Å². The zero-order valence-electron chi connectivity index (χ0n) is 16.1. The molecule has 0 aliphatic carbocycles. The third kappa shape index (κ3) is 4.63. The van der Waals surface area contributed by atoms with Gasteiger partial charge in [0.2, 0.25) is 0 Å². The quantitative estimate of drug-likeness (QED) is 0.369. The van der Waals surface area contributed by atoms with Crippen molar-refractivity contribution in [3.63, 3.8) is 0 Å². The number of piperidine rings is 1. The molecule has 0 saturated carbocycles. The Kier molecular flexibility index (Phi) is 6.30. The van der Waals surface area contributed by atoms with Crippen LogP contribution in [0.2, 0.25) is 0 Å². The second kappa shape index (κ2) is 9.11. The van der Waals surface area contributed by atoms with Crippen LogP contribution in [0.1, 0.15) is 35.2 Å². The van der Waals surface area contributed by atoms with Crippen LogP contribution in [0, 0.1) is 0 Å². The van der Waals surface area contributed by atoms with E-state index in [1.54, 1.807) is 16.1 Å². The van der Waals surface area contributed by atoms with Crippen LogP contribution in [0.25, 0.3) is 0 Å². The number of hydrogen-bond donors (Lipinski definition) is 5. The Balaban J connectivity index is 1.46. The minimum atomic E-state index is -1.57. The molecule has 158 valence electrons. The highest BCUT2D eigenvalue weighted by molar-refractivity contribution is 7.14. The molecule has 8 nitrogen and oxygen atoms in total. The molecule has 0 atom stereocenters. The molecule has 0 unspecified atom stereocenters. The van der Waals surface area contributed by atoms with E-state index in [1.165, 1.54) is 22.7 Å². The normalized spacial score (nSPS) is 14.9. The zero-order valence-corrected chi connectivity index (χ0v) is 17.7. The Hall–Kier alpha value is -2.50. The van der Waals surface area contributed by atoms with E-state index in [2.05, 4.69) is 20.5 Å². The van der Waals surface area contributed by atoms with Crippen LogP contribution in [0.15, 0.2) is 40.4 Å². The molecule has 30 heavy (non-hydrogen) atoms. The molecule has 1 amide bonds. The molecular formula is C20H23N5O3S2. The van der Waals surface area contributed by atoms with Crippen molar-refractivity contribution in [2.75, 3.05) is 28.6 Å². The fourth-order valence-corrected chi connectivity index (χ4v) is 4.84. The van der Waals surface area contributed by atoms with Gasteiger partial charge in [-0.15, -0.1) is 22.7 Å². The van der Waals surface area contributed by atoms with Gasteiger partial charge in [-0.3, -0.25) is 4.79 Å². The number of thiophene rings is 1. The lowest BCUT2D eigenvalue weighted by molar-refractivity contribution is -0.0415. The summed E-state index contributed by atoms with van der Waals surface area (Å²) in [4.78, 5) is 19.4. The number of aliphatic hydroxyl groups excluding tert-OH is 1. The molecule has 2 aromatic heterocycles. The number of carbonyl (C=O) groups excluding carboxylic acids is 1. The molecule has 3 aromatic rings. The SMILES string of the molecule is NC1CCN(c2ccccc2NC(=O)c2csc(Nc3cscc3C(O)O)n2)CC1. The van der Waals surface area contributed by atoms with Crippen LogP contribution in [-0.4, -0.2) is 40.2 Å². The number of rotatable bonds is 6. The summed E-state index contributed by atoms with van der Waals surface area (Å²) in [5.41, 5.74) is 8.95.